The predicted octanol–water partition coefficient (Wildman–Crippen LogP) is 0.892. The van der Waals surface area contributed by atoms with E-state index in [0.717, 1.165) is 16.8 Å². The van der Waals surface area contributed by atoms with Crippen molar-refractivity contribution in [1.29, 1.82) is 0 Å². The van der Waals surface area contributed by atoms with Crippen LogP contribution in [-0.2, 0) is 14.6 Å². The SMILES string of the molecule is Cc1cccc(-n2nnnc2SCC(=O)N[C@H]2CS(=O)(=O)C[C@@H]2Cl)c1C. The van der Waals surface area contributed by atoms with Gasteiger partial charge in [0.1, 0.15) is 0 Å². The molecule has 1 fully saturated rings. The van der Waals surface area contributed by atoms with E-state index in [1.807, 2.05) is 32.0 Å². The van der Waals surface area contributed by atoms with Crippen LogP contribution in [-0.4, -0.2) is 63.2 Å². The van der Waals surface area contributed by atoms with E-state index < -0.39 is 21.3 Å². The van der Waals surface area contributed by atoms with Gasteiger partial charge in [0.2, 0.25) is 11.1 Å². The average molecular weight is 416 g/mol. The van der Waals surface area contributed by atoms with Crippen LogP contribution in [0, 0.1) is 13.8 Å². The van der Waals surface area contributed by atoms with Crippen LogP contribution in [0.5, 0.6) is 0 Å². The number of hydrogen-bond acceptors (Lipinski definition) is 7. The predicted molar refractivity (Wildman–Crippen MR) is 99.6 cm³/mol. The van der Waals surface area contributed by atoms with Gasteiger partial charge >= 0.3 is 0 Å². The number of thioether (sulfide) groups is 1. The molecule has 26 heavy (non-hydrogen) atoms. The Labute approximate surface area is 160 Å². The number of benzene rings is 1. The molecule has 1 aromatic carbocycles. The van der Waals surface area contributed by atoms with Crippen molar-refractivity contribution in [3.05, 3.63) is 29.3 Å². The molecule has 1 aromatic heterocycles. The minimum Gasteiger partial charge on any atom is -0.350 e. The number of aromatic nitrogens is 4. The first kappa shape index (κ1) is 19.1. The van der Waals surface area contributed by atoms with Gasteiger partial charge in [0.15, 0.2) is 9.84 Å². The van der Waals surface area contributed by atoms with E-state index in [1.165, 1.54) is 11.8 Å². The first-order valence-corrected chi connectivity index (χ1v) is 11.1. The summed E-state index contributed by atoms with van der Waals surface area (Å²) in [5, 5.41) is 14.2. The Bertz CT molecular complexity index is 931. The van der Waals surface area contributed by atoms with Crippen LogP contribution in [0.25, 0.3) is 5.69 Å². The molecule has 0 unspecified atom stereocenters. The van der Waals surface area contributed by atoms with Crippen LogP contribution in [0.2, 0.25) is 0 Å². The van der Waals surface area contributed by atoms with E-state index in [2.05, 4.69) is 20.8 Å². The molecule has 11 heteroatoms. The fourth-order valence-corrected chi connectivity index (χ4v) is 5.95. The molecule has 0 saturated carbocycles. The van der Waals surface area contributed by atoms with Gasteiger partial charge in [-0.05, 0) is 41.5 Å². The molecule has 0 radical (unpaired) electrons. The highest BCUT2D eigenvalue weighted by Crippen LogP contribution is 2.23. The van der Waals surface area contributed by atoms with Gasteiger partial charge in [-0.1, -0.05) is 23.9 Å². The van der Waals surface area contributed by atoms with Crippen molar-refractivity contribution < 1.29 is 13.2 Å². The van der Waals surface area contributed by atoms with E-state index in [0.29, 0.717) is 5.16 Å². The van der Waals surface area contributed by atoms with Crippen molar-refractivity contribution in [2.75, 3.05) is 17.3 Å². The van der Waals surface area contributed by atoms with Gasteiger partial charge in [-0.2, -0.15) is 4.68 Å². The quantitative estimate of drug-likeness (QED) is 0.570. The standard InChI is InChI=1S/C15H18ClN5O3S2/c1-9-4-3-5-13(10(9)2)21-15(18-19-20-21)25-6-14(22)17-12-8-26(23,24)7-11(12)16/h3-5,11-12H,6-8H2,1-2H3,(H,17,22)/t11-,12-/m0/s1. The van der Waals surface area contributed by atoms with Crippen LogP contribution >= 0.6 is 23.4 Å². The third kappa shape index (κ3) is 4.18. The lowest BCUT2D eigenvalue weighted by Gasteiger charge is -2.14. The second-order valence-corrected chi connectivity index (χ2v) is 9.80. The first-order valence-electron chi connectivity index (χ1n) is 7.88. The van der Waals surface area contributed by atoms with E-state index in [-0.39, 0.29) is 23.2 Å². The summed E-state index contributed by atoms with van der Waals surface area (Å²) >= 11 is 7.18. The van der Waals surface area contributed by atoms with Gasteiger partial charge in [0.05, 0.1) is 34.4 Å². The molecule has 1 amide bonds. The number of sulfone groups is 1. The maximum absolute atomic E-state index is 12.2. The van der Waals surface area contributed by atoms with Crippen molar-refractivity contribution in [2.24, 2.45) is 0 Å². The number of hydrogen-bond donors (Lipinski definition) is 1. The number of rotatable bonds is 5. The zero-order valence-corrected chi connectivity index (χ0v) is 16.6. The largest absolute Gasteiger partial charge is 0.350 e. The fourth-order valence-electron chi connectivity index (χ4n) is 2.70. The molecule has 1 aliphatic rings. The van der Waals surface area contributed by atoms with Gasteiger partial charge < -0.3 is 5.32 Å². The monoisotopic (exact) mass is 415 g/mol. The van der Waals surface area contributed by atoms with E-state index in [4.69, 9.17) is 11.6 Å². The Morgan fingerprint density at radius 1 is 1.38 bits per heavy atom. The Balaban J connectivity index is 1.65. The van der Waals surface area contributed by atoms with Gasteiger partial charge in [0, 0.05) is 0 Å². The van der Waals surface area contributed by atoms with E-state index in [9.17, 15) is 13.2 Å². The number of halogens is 1. The summed E-state index contributed by atoms with van der Waals surface area (Å²) in [7, 11) is -3.19. The van der Waals surface area contributed by atoms with Crippen molar-refractivity contribution in [1.82, 2.24) is 25.5 Å². The molecule has 1 N–H and O–H groups in total. The molecule has 3 rings (SSSR count). The Morgan fingerprint density at radius 2 is 2.15 bits per heavy atom. The van der Waals surface area contributed by atoms with Gasteiger partial charge in [-0.15, -0.1) is 16.7 Å². The van der Waals surface area contributed by atoms with Crippen LogP contribution < -0.4 is 5.32 Å². The molecule has 0 bridgehead atoms. The van der Waals surface area contributed by atoms with E-state index in [1.54, 1.807) is 4.68 Å². The molecule has 0 spiro atoms. The number of aryl methyl sites for hydroxylation is 1. The number of amides is 1. The number of alkyl halides is 1. The zero-order valence-electron chi connectivity index (χ0n) is 14.2. The smallest absolute Gasteiger partial charge is 0.230 e. The molecule has 0 aliphatic carbocycles. The third-order valence-electron chi connectivity index (χ3n) is 4.21. The molecular weight excluding hydrogens is 398 g/mol. The van der Waals surface area contributed by atoms with Crippen LogP contribution in [0.15, 0.2) is 23.4 Å². The van der Waals surface area contributed by atoms with Crippen LogP contribution in [0.4, 0.5) is 0 Å². The highest BCUT2D eigenvalue weighted by atomic mass is 35.5. The minimum absolute atomic E-state index is 0.0609. The van der Waals surface area contributed by atoms with Crippen molar-refractivity contribution in [2.45, 2.75) is 30.4 Å². The second kappa shape index (κ2) is 7.53. The summed E-state index contributed by atoms with van der Waals surface area (Å²) in [5.41, 5.74) is 3.01. The lowest BCUT2D eigenvalue weighted by atomic mass is 10.1. The average Bonchev–Trinajstić information content (AvgIpc) is 3.12. The Hall–Kier alpha value is -1.65. The Kier molecular flexibility index (Phi) is 5.54. The summed E-state index contributed by atoms with van der Waals surface area (Å²) in [4.78, 5) is 12.2. The normalized spacial score (nSPS) is 21.7. The number of carbonyl (C=O) groups excluding carboxylic acids is 1. The molecule has 2 heterocycles. The highest BCUT2D eigenvalue weighted by molar-refractivity contribution is 7.99. The number of carbonyl (C=O) groups is 1. The Morgan fingerprint density at radius 3 is 2.85 bits per heavy atom. The summed E-state index contributed by atoms with van der Waals surface area (Å²) in [5.74, 6) is -0.487. The summed E-state index contributed by atoms with van der Waals surface area (Å²) in [6.45, 7) is 3.98. The van der Waals surface area contributed by atoms with Crippen molar-refractivity contribution in [3.63, 3.8) is 0 Å². The zero-order chi connectivity index (χ0) is 18.9. The molecule has 1 saturated heterocycles. The van der Waals surface area contributed by atoms with Gasteiger partial charge in [-0.3, -0.25) is 4.79 Å². The molecular formula is C15H18ClN5O3S2. The van der Waals surface area contributed by atoms with Gasteiger partial charge in [-0.25, -0.2) is 8.42 Å². The minimum atomic E-state index is -3.19. The fraction of sp³-hybridized carbons (Fsp3) is 0.467. The lowest BCUT2D eigenvalue weighted by molar-refractivity contribution is -0.119. The molecule has 140 valence electrons. The topological polar surface area (TPSA) is 107 Å². The number of nitrogens with zero attached hydrogens (tertiary/aromatic N) is 4. The maximum Gasteiger partial charge on any atom is 0.230 e. The highest BCUT2D eigenvalue weighted by Gasteiger charge is 2.37. The molecule has 1 aliphatic heterocycles. The van der Waals surface area contributed by atoms with Crippen molar-refractivity contribution in [3.8, 4) is 5.69 Å². The summed E-state index contributed by atoms with van der Waals surface area (Å²) in [6, 6.07) is 5.26. The maximum atomic E-state index is 12.2. The van der Waals surface area contributed by atoms with Crippen molar-refractivity contribution >= 4 is 39.1 Å². The molecule has 2 aromatic rings. The third-order valence-corrected chi connectivity index (χ3v) is 7.50. The lowest BCUT2D eigenvalue weighted by Crippen LogP contribution is -2.41. The summed E-state index contributed by atoms with van der Waals surface area (Å²) < 4.78 is 24.7. The number of tetrazole rings is 1. The van der Waals surface area contributed by atoms with Gasteiger partial charge in [0.25, 0.3) is 0 Å². The van der Waals surface area contributed by atoms with Crippen LogP contribution in [0.3, 0.4) is 0 Å². The second-order valence-electron chi connectivity index (χ2n) is 6.15. The molecule has 8 nitrogen and oxygen atoms in total. The van der Waals surface area contributed by atoms with E-state index >= 15 is 0 Å². The van der Waals surface area contributed by atoms with Crippen LogP contribution in [0.1, 0.15) is 11.1 Å². The molecule has 2 atom stereocenters. The summed E-state index contributed by atoms with van der Waals surface area (Å²) in [6.07, 6.45) is 0. The number of nitrogens with one attached hydrogen (secondary N) is 1. The first-order chi connectivity index (χ1) is 12.3.